The van der Waals surface area contributed by atoms with E-state index >= 15 is 0 Å². The zero-order valence-electron chi connectivity index (χ0n) is 75.2. The van der Waals surface area contributed by atoms with Crippen molar-refractivity contribution in [3.8, 4) is 0 Å². The van der Waals surface area contributed by atoms with Gasteiger partial charge in [-0.15, -0.1) is 23.5 Å². The van der Waals surface area contributed by atoms with Crippen molar-refractivity contribution < 1.29 is 92.2 Å². The maximum absolute atomic E-state index is 14.2. The highest BCUT2D eigenvalue weighted by Crippen LogP contribution is 2.82. The number of allylic oxidation sites excluding steroid dienone is 2. The second kappa shape index (κ2) is 39.1. The number of hydrogen-bond acceptors (Lipinski definition) is 20. The van der Waals surface area contributed by atoms with Crippen molar-refractivity contribution in [3.63, 3.8) is 0 Å². The van der Waals surface area contributed by atoms with Crippen LogP contribution in [0.5, 0.6) is 0 Å². The van der Waals surface area contributed by atoms with E-state index in [1.165, 1.54) is 85.0 Å². The monoisotopic (exact) mass is 1940 g/mol. The highest BCUT2D eigenvalue weighted by molar-refractivity contribution is 7.99. The average molecular weight is 1940 g/mol. The predicted molar refractivity (Wildman–Crippen MR) is 493 cm³/mol. The number of piperazine rings is 2. The molecule has 4 heterocycles. The number of halogens is 9. The van der Waals surface area contributed by atoms with Gasteiger partial charge in [0.05, 0.1) is 51.4 Å². The number of ketones is 2. The normalized spacial score (nSPS) is 24.7. The van der Waals surface area contributed by atoms with Gasteiger partial charge in [-0.2, -0.15) is 39.5 Å². The van der Waals surface area contributed by atoms with E-state index in [4.69, 9.17) is 9.47 Å². The molecule has 6 aromatic carbocycles. The van der Waals surface area contributed by atoms with Crippen molar-refractivity contribution in [2.45, 2.75) is 184 Å². The largest absolute Gasteiger partial charge is 0.501 e. The van der Waals surface area contributed by atoms with Gasteiger partial charge in [0.15, 0.2) is 31.2 Å². The van der Waals surface area contributed by atoms with Crippen LogP contribution in [0.1, 0.15) is 156 Å². The molecule has 18 rings (SSSR count). The molecule has 4 aliphatic heterocycles. The summed E-state index contributed by atoms with van der Waals surface area (Å²) in [4.78, 5) is 39.0. The zero-order chi connectivity index (χ0) is 93.6. The Morgan fingerprint density at radius 1 is 0.427 bits per heavy atom. The molecule has 8 aliphatic carbocycles. The van der Waals surface area contributed by atoms with Crippen LogP contribution in [0.15, 0.2) is 197 Å². The Morgan fingerprint density at radius 2 is 0.779 bits per heavy atom. The van der Waals surface area contributed by atoms with E-state index in [-0.39, 0.29) is 77.0 Å². The van der Waals surface area contributed by atoms with Gasteiger partial charge in [-0.1, -0.05) is 105 Å². The summed E-state index contributed by atoms with van der Waals surface area (Å²) in [5, 5.41) is 0. The molecule has 4 bridgehead atoms. The maximum Gasteiger partial charge on any atom is 0.501 e. The van der Waals surface area contributed by atoms with Crippen molar-refractivity contribution in [2.75, 3.05) is 164 Å². The molecule has 33 heteroatoms. The van der Waals surface area contributed by atoms with E-state index in [0.29, 0.717) is 118 Å². The highest BCUT2D eigenvalue weighted by Gasteiger charge is 2.79. The van der Waals surface area contributed by atoms with Crippen molar-refractivity contribution in [3.05, 3.63) is 190 Å². The topological polar surface area (TPSA) is 209 Å². The smallest absolute Gasteiger partial charge is 0.379 e. The van der Waals surface area contributed by atoms with Crippen LogP contribution < -0.4 is 9.80 Å². The number of Topliss-reactive ketones (excluding diaryl/α,β-unsaturated/α-hetero) is 2. The molecule has 10 fully saturated rings. The standard InChI is InChI=1S/C49H59F6N3O6S3.C49H62F3N3O6S3/c1-45(2)16-14-42(46-32-47(33-46,34-46)48(50,51)52)38(28-45)29-57-18-20-58(21-19-57)39-11-8-36(9-12-39)43(59)31-66(60,61)41-13-10-37(44(27-41)67(62,63)49(53,54)55)26-35(15-17-56-22-24-64-25-23-56)30-65-40-6-4-3-5-7-40;1-46(2)17-15-43(48-33-47(3,34-48)35-48)39(29-46)30-54-19-21-55(22-20-54)40-12-9-37(10-13-40)44(56)32-63(57,58)42-14-11-38(45(28-42)64(59,60)49(50,51)52)27-36(16-18-53-23-25-61-26-24-53)31-62-41-7-5-4-6-8-41/h3-13,27,35H,14-26,28-34H2,1-2H3;4-14,28,36H,15-27,29-35H2,1-3H3/t35-,46?,47?;36-,47?,48?/m00/s1. The molecule has 0 radical (unpaired) electrons. The van der Waals surface area contributed by atoms with Gasteiger partial charge in [-0.3, -0.25) is 29.2 Å². The summed E-state index contributed by atoms with van der Waals surface area (Å²) in [5.74, 6) is -3.18. The Morgan fingerprint density at radius 3 is 1.11 bits per heavy atom. The molecule has 6 saturated carbocycles. The van der Waals surface area contributed by atoms with Crippen molar-refractivity contribution in [2.24, 2.45) is 44.3 Å². The molecule has 0 N–H and O–H groups in total. The van der Waals surface area contributed by atoms with E-state index in [2.05, 4.69) is 64.0 Å². The minimum Gasteiger partial charge on any atom is -0.379 e. The zero-order valence-corrected chi connectivity index (χ0v) is 80.1. The molecule has 6 aromatic rings. The van der Waals surface area contributed by atoms with Crippen LogP contribution in [0.3, 0.4) is 0 Å². The first kappa shape index (κ1) is 98.9. The third-order valence-electron chi connectivity index (χ3n) is 29.2. The number of carbonyl (C=O) groups is 2. The van der Waals surface area contributed by atoms with Gasteiger partial charge in [-0.25, -0.2) is 33.7 Å². The van der Waals surface area contributed by atoms with Crippen LogP contribution in [0.2, 0.25) is 0 Å². The van der Waals surface area contributed by atoms with Gasteiger partial charge >= 0.3 is 17.2 Å². The summed E-state index contributed by atoms with van der Waals surface area (Å²) in [7, 11) is -21.1. The van der Waals surface area contributed by atoms with Crippen molar-refractivity contribution in [1.82, 2.24) is 19.6 Å². The molecule has 0 unspecified atom stereocenters. The SMILES string of the molecule is CC1(C)CCC(C23CC(C(F)(F)F)(C2)C3)=C(CN2CCN(c3ccc(C(=O)CS(=O)(=O)c4ccc(C[C@H](CCN5CCOCC5)CSc5ccccc5)c(S(=O)(=O)C(F)(F)F)c4)cc3)CC2)C1.CC1(C)CCC(C23CC(C)(C2)C3)=C(CN2CCN(c3ccc(C(=O)CS(=O)(=O)c4ccc(C[C@H](CCN5CCOCC5)CSc5ccccc5)c(S(=O)(=O)C(F)(F)F)c4)cc3)CC2)C1. The summed E-state index contributed by atoms with van der Waals surface area (Å²) in [5.41, 5.74) is -4.03. The number of nitrogens with zero attached hydrogens (tertiary/aromatic N) is 6. The number of carbonyl (C=O) groups excluding carboxylic acids is 2. The number of anilines is 2. The Balaban J connectivity index is 0.000000201. The van der Waals surface area contributed by atoms with Crippen molar-refractivity contribution >= 4 is 85.8 Å². The van der Waals surface area contributed by atoms with Crippen LogP contribution >= 0.6 is 23.5 Å². The molecular weight excluding hydrogens is 1820 g/mol. The lowest BCUT2D eigenvalue weighted by Crippen LogP contribution is -2.69. The number of sulfone groups is 4. The second-order valence-corrected chi connectivity index (χ2v) is 50.3. The Bertz CT molecular complexity index is 5620. The Kier molecular flexibility index (Phi) is 29.5. The van der Waals surface area contributed by atoms with Gasteiger partial charge in [0.1, 0.15) is 11.5 Å². The molecule has 4 saturated heterocycles. The Labute approximate surface area is 774 Å². The first-order valence-electron chi connectivity index (χ1n) is 45.7. The fourth-order valence-corrected chi connectivity index (χ4v) is 29.0. The predicted octanol–water partition coefficient (Wildman–Crippen LogP) is 18.8. The van der Waals surface area contributed by atoms with Crippen LogP contribution in [0.4, 0.5) is 50.9 Å². The van der Waals surface area contributed by atoms with Crippen LogP contribution in [0.25, 0.3) is 0 Å². The van der Waals surface area contributed by atoms with E-state index in [9.17, 15) is 82.8 Å². The lowest BCUT2D eigenvalue weighted by molar-refractivity contribution is -0.353. The first-order valence-corrected chi connectivity index (χ1v) is 54.0. The molecule has 131 heavy (non-hydrogen) atoms. The molecular formula is C98H121F9N6O12S6. The van der Waals surface area contributed by atoms with E-state index in [1.807, 2.05) is 60.7 Å². The summed E-state index contributed by atoms with van der Waals surface area (Å²) in [6.45, 7) is 26.0. The third kappa shape index (κ3) is 22.8. The van der Waals surface area contributed by atoms with Gasteiger partial charge in [0.25, 0.3) is 19.7 Å². The number of benzene rings is 6. The minimum absolute atomic E-state index is 0.0208. The highest BCUT2D eigenvalue weighted by atomic mass is 32.2. The van der Waals surface area contributed by atoms with Gasteiger partial charge in [0.2, 0.25) is 0 Å². The molecule has 0 amide bonds. The van der Waals surface area contributed by atoms with Crippen LogP contribution in [-0.4, -0.2) is 236 Å². The number of hydrogen-bond donors (Lipinski definition) is 0. The number of ether oxygens (including phenoxy) is 2. The summed E-state index contributed by atoms with van der Waals surface area (Å²) < 4.78 is 245. The molecule has 18 nitrogen and oxygen atoms in total. The number of morpholine rings is 2. The number of rotatable bonds is 34. The average Bonchev–Trinajstić information content (AvgIpc) is 0.653. The van der Waals surface area contributed by atoms with E-state index in [0.717, 1.165) is 130 Å². The molecule has 2 atom stereocenters. The lowest BCUT2D eigenvalue weighted by atomic mass is 9.32. The Hall–Kier alpha value is -6.63. The van der Waals surface area contributed by atoms with E-state index < -0.39 is 105 Å². The molecule has 12 aliphatic rings. The van der Waals surface area contributed by atoms with Crippen LogP contribution in [-0.2, 0) is 61.7 Å². The summed E-state index contributed by atoms with van der Waals surface area (Å²) in [6, 6.07) is 37.8. The maximum atomic E-state index is 14.2. The second-order valence-electron chi connectivity index (χ2n) is 40.4. The minimum atomic E-state index is -5.99. The molecule has 714 valence electrons. The molecule has 0 spiro atoms. The number of thioether (sulfide) groups is 2. The first-order chi connectivity index (χ1) is 61.7. The summed E-state index contributed by atoms with van der Waals surface area (Å²) >= 11 is 3.03. The fraction of sp³-hybridized carbons (Fsp3) is 0.571. The molecule has 0 aromatic heterocycles. The van der Waals surface area contributed by atoms with Gasteiger partial charge < -0.3 is 19.3 Å². The van der Waals surface area contributed by atoms with Gasteiger partial charge in [-0.05, 0) is 263 Å². The third-order valence-corrected chi connectivity index (χ3v) is 38.1. The quantitative estimate of drug-likeness (QED) is 0.0159. The van der Waals surface area contributed by atoms with Gasteiger partial charge in [0, 0.05) is 135 Å². The summed E-state index contributed by atoms with van der Waals surface area (Å²) in [6.07, 6.45) is 7.95. The number of alkyl halides is 9. The fourth-order valence-electron chi connectivity index (χ4n) is 22.2. The van der Waals surface area contributed by atoms with Crippen molar-refractivity contribution in [1.29, 1.82) is 0 Å². The lowest BCUT2D eigenvalue weighted by Gasteiger charge is -2.72. The van der Waals surface area contributed by atoms with Crippen LogP contribution in [0, 0.1) is 44.3 Å². The van der Waals surface area contributed by atoms with E-state index in [1.54, 1.807) is 47.5 Å².